The van der Waals surface area contributed by atoms with E-state index in [9.17, 15) is 22.0 Å². The number of halogens is 2. The van der Waals surface area contributed by atoms with Gasteiger partial charge in [0.2, 0.25) is 10.0 Å². The van der Waals surface area contributed by atoms with Gasteiger partial charge in [-0.1, -0.05) is 19.4 Å². The Morgan fingerprint density at radius 3 is 2.77 bits per heavy atom. The summed E-state index contributed by atoms with van der Waals surface area (Å²) in [6.07, 6.45) is -1.11. The van der Waals surface area contributed by atoms with Crippen LogP contribution >= 0.6 is 0 Å². The molecule has 1 atom stereocenters. The SMILES string of the molecule is CCCCNS(=O)(=O)c1ccc2c(c1)C(=O)NC(C(F)F)C2. The van der Waals surface area contributed by atoms with Crippen molar-refractivity contribution in [3.63, 3.8) is 0 Å². The van der Waals surface area contributed by atoms with Gasteiger partial charge in [0.25, 0.3) is 12.3 Å². The Morgan fingerprint density at radius 2 is 2.14 bits per heavy atom. The number of unbranched alkanes of at least 4 members (excludes halogenated alkanes) is 1. The lowest BCUT2D eigenvalue weighted by Gasteiger charge is -2.25. The Morgan fingerprint density at radius 1 is 1.41 bits per heavy atom. The van der Waals surface area contributed by atoms with Crippen LogP contribution in [0.2, 0.25) is 0 Å². The molecule has 22 heavy (non-hydrogen) atoms. The first kappa shape index (κ1) is 16.8. The molecule has 1 heterocycles. The van der Waals surface area contributed by atoms with Gasteiger partial charge >= 0.3 is 0 Å². The Labute approximate surface area is 128 Å². The summed E-state index contributed by atoms with van der Waals surface area (Å²) in [5.41, 5.74) is 0.567. The molecule has 1 amide bonds. The molecule has 1 aromatic rings. The van der Waals surface area contributed by atoms with E-state index in [2.05, 4.69) is 10.0 Å². The van der Waals surface area contributed by atoms with Gasteiger partial charge in [-0.3, -0.25) is 4.79 Å². The van der Waals surface area contributed by atoms with Crippen LogP contribution in [0.5, 0.6) is 0 Å². The Kier molecular flexibility index (Phi) is 5.12. The first-order valence-electron chi connectivity index (χ1n) is 7.06. The summed E-state index contributed by atoms with van der Waals surface area (Å²) in [6.45, 7) is 2.26. The van der Waals surface area contributed by atoms with Gasteiger partial charge in [-0.05, 0) is 30.5 Å². The molecule has 2 N–H and O–H groups in total. The van der Waals surface area contributed by atoms with Crippen molar-refractivity contribution in [2.45, 2.75) is 43.5 Å². The lowest BCUT2D eigenvalue weighted by molar-refractivity contribution is 0.0715. The number of carbonyl (C=O) groups is 1. The van der Waals surface area contributed by atoms with E-state index >= 15 is 0 Å². The molecule has 122 valence electrons. The maximum absolute atomic E-state index is 12.7. The molecule has 0 bridgehead atoms. The summed E-state index contributed by atoms with van der Waals surface area (Å²) in [5.74, 6) is -0.669. The number of rotatable bonds is 6. The first-order chi connectivity index (χ1) is 10.3. The molecule has 1 unspecified atom stereocenters. The number of hydrogen-bond donors (Lipinski definition) is 2. The predicted octanol–water partition coefficient (Wildman–Crippen LogP) is 1.68. The number of fused-ring (bicyclic) bond motifs is 1. The van der Waals surface area contributed by atoms with Crippen LogP contribution in [-0.2, 0) is 16.4 Å². The fourth-order valence-electron chi connectivity index (χ4n) is 2.26. The summed E-state index contributed by atoms with van der Waals surface area (Å²) >= 11 is 0. The summed E-state index contributed by atoms with van der Waals surface area (Å²) < 4.78 is 52.1. The molecule has 1 aromatic carbocycles. The third-order valence-corrected chi connectivity index (χ3v) is 4.98. The van der Waals surface area contributed by atoms with Crippen LogP contribution in [0.1, 0.15) is 35.7 Å². The summed E-state index contributed by atoms with van der Waals surface area (Å²) in [7, 11) is -3.70. The van der Waals surface area contributed by atoms with E-state index in [1.165, 1.54) is 18.2 Å². The molecule has 0 aliphatic carbocycles. The van der Waals surface area contributed by atoms with Crippen LogP contribution in [0, 0.1) is 0 Å². The molecule has 0 radical (unpaired) electrons. The molecule has 8 heteroatoms. The summed E-state index contributed by atoms with van der Waals surface area (Å²) in [5, 5.41) is 2.20. The van der Waals surface area contributed by atoms with Crippen LogP contribution in [0.25, 0.3) is 0 Å². The van der Waals surface area contributed by atoms with E-state index in [0.717, 1.165) is 6.42 Å². The molecule has 0 spiro atoms. The van der Waals surface area contributed by atoms with Gasteiger partial charge in [0.05, 0.1) is 10.9 Å². The molecule has 1 aliphatic heterocycles. The Hall–Kier alpha value is -1.54. The fourth-order valence-corrected chi connectivity index (χ4v) is 3.36. The zero-order valence-corrected chi connectivity index (χ0v) is 12.9. The normalized spacial score (nSPS) is 18.2. The zero-order valence-electron chi connectivity index (χ0n) is 12.1. The van der Waals surface area contributed by atoms with E-state index < -0.39 is 28.4 Å². The van der Waals surface area contributed by atoms with E-state index in [1.807, 2.05) is 6.92 Å². The van der Waals surface area contributed by atoms with Crippen LogP contribution in [0.4, 0.5) is 8.78 Å². The topological polar surface area (TPSA) is 75.3 Å². The fraction of sp³-hybridized carbons (Fsp3) is 0.500. The van der Waals surface area contributed by atoms with E-state index in [4.69, 9.17) is 0 Å². The number of carbonyl (C=O) groups excluding carboxylic acids is 1. The van der Waals surface area contributed by atoms with Crippen molar-refractivity contribution >= 4 is 15.9 Å². The smallest absolute Gasteiger partial charge is 0.258 e. The van der Waals surface area contributed by atoms with Gasteiger partial charge in [0.1, 0.15) is 0 Å². The minimum absolute atomic E-state index is 0.0116. The lowest BCUT2D eigenvalue weighted by atomic mass is 9.95. The number of nitrogens with one attached hydrogen (secondary N) is 2. The minimum Gasteiger partial charge on any atom is -0.343 e. The number of amides is 1. The third-order valence-electron chi connectivity index (χ3n) is 3.52. The number of hydrogen-bond acceptors (Lipinski definition) is 3. The number of sulfonamides is 1. The standard InChI is InChI=1S/C14H18F2N2O3S/c1-2-3-6-17-22(20,21)10-5-4-9-7-12(13(15)16)18-14(19)11(9)8-10/h4-5,8,12-13,17H,2-3,6-7H2,1H3,(H,18,19). The second-order valence-electron chi connectivity index (χ2n) is 5.19. The number of alkyl halides is 2. The van der Waals surface area contributed by atoms with Crippen molar-refractivity contribution in [3.05, 3.63) is 29.3 Å². The Bertz CT molecular complexity index is 662. The molecule has 0 saturated carbocycles. The maximum atomic E-state index is 12.7. The highest BCUT2D eigenvalue weighted by Crippen LogP contribution is 2.23. The molecule has 0 saturated heterocycles. The van der Waals surface area contributed by atoms with Crippen LogP contribution < -0.4 is 10.0 Å². The van der Waals surface area contributed by atoms with Crippen molar-refractivity contribution < 1.29 is 22.0 Å². The summed E-state index contributed by atoms with van der Waals surface area (Å²) in [4.78, 5) is 11.8. The van der Waals surface area contributed by atoms with Crippen molar-refractivity contribution in [1.82, 2.24) is 10.0 Å². The quantitative estimate of drug-likeness (QED) is 0.779. The highest BCUT2D eigenvalue weighted by atomic mass is 32.2. The van der Waals surface area contributed by atoms with Gasteiger partial charge in [-0.2, -0.15) is 0 Å². The van der Waals surface area contributed by atoms with Crippen LogP contribution in [0.15, 0.2) is 23.1 Å². The third kappa shape index (κ3) is 3.61. The average Bonchev–Trinajstić information content (AvgIpc) is 2.46. The van der Waals surface area contributed by atoms with Crippen molar-refractivity contribution in [2.75, 3.05) is 6.54 Å². The van der Waals surface area contributed by atoms with E-state index in [0.29, 0.717) is 18.5 Å². The second kappa shape index (κ2) is 6.70. The highest BCUT2D eigenvalue weighted by molar-refractivity contribution is 7.89. The molecular weight excluding hydrogens is 314 g/mol. The Balaban J connectivity index is 2.25. The maximum Gasteiger partial charge on any atom is 0.258 e. The number of benzene rings is 1. The molecule has 5 nitrogen and oxygen atoms in total. The van der Waals surface area contributed by atoms with E-state index in [-0.39, 0.29) is 16.9 Å². The highest BCUT2D eigenvalue weighted by Gasteiger charge is 2.31. The molecule has 1 aliphatic rings. The van der Waals surface area contributed by atoms with Gasteiger partial charge in [0.15, 0.2) is 0 Å². The van der Waals surface area contributed by atoms with Gasteiger partial charge in [0, 0.05) is 12.1 Å². The first-order valence-corrected chi connectivity index (χ1v) is 8.55. The van der Waals surface area contributed by atoms with Crippen LogP contribution in [-0.4, -0.2) is 33.3 Å². The molecular formula is C14H18F2N2O3S. The minimum atomic E-state index is -3.70. The lowest BCUT2D eigenvalue weighted by Crippen LogP contribution is -2.45. The zero-order chi connectivity index (χ0) is 16.3. The monoisotopic (exact) mass is 332 g/mol. The molecule has 0 fully saturated rings. The predicted molar refractivity (Wildman–Crippen MR) is 77.5 cm³/mol. The van der Waals surface area contributed by atoms with Crippen molar-refractivity contribution in [3.8, 4) is 0 Å². The van der Waals surface area contributed by atoms with Gasteiger partial charge in [-0.25, -0.2) is 21.9 Å². The van der Waals surface area contributed by atoms with E-state index in [1.54, 1.807) is 0 Å². The summed E-state index contributed by atoms with van der Waals surface area (Å²) in [6, 6.07) is 2.78. The van der Waals surface area contributed by atoms with Crippen molar-refractivity contribution in [1.29, 1.82) is 0 Å². The molecule has 0 aromatic heterocycles. The van der Waals surface area contributed by atoms with Crippen LogP contribution in [0.3, 0.4) is 0 Å². The largest absolute Gasteiger partial charge is 0.343 e. The average molecular weight is 332 g/mol. The van der Waals surface area contributed by atoms with Gasteiger partial charge in [-0.15, -0.1) is 0 Å². The van der Waals surface area contributed by atoms with Crippen molar-refractivity contribution in [2.24, 2.45) is 0 Å². The van der Waals surface area contributed by atoms with Gasteiger partial charge < -0.3 is 5.32 Å². The second-order valence-corrected chi connectivity index (χ2v) is 6.96. The molecule has 2 rings (SSSR count).